The van der Waals surface area contributed by atoms with Crippen molar-refractivity contribution in [2.45, 2.75) is 6.92 Å². The molecule has 11 nitrogen and oxygen atoms in total. The highest BCUT2D eigenvalue weighted by atomic mass is 16.5. The van der Waals surface area contributed by atoms with Gasteiger partial charge in [0, 0.05) is 56.6 Å². The van der Waals surface area contributed by atoms with Gasteiger partial charge in [0.1, 0.15) is 34.6 Å². The summed E-state index contributed by atoms with van der Waals surface area (Å²) >= 11 is 0. The van der Waals surface area contributed by atoms with Crippen LogP contribution < -0.4 is 25.9 Å². The number of nitrogens with one attached hydrogen (secondary N) is 3. The van der Waals surface area contributed by atoms with Gasteiger partial charge in [0.25, 0.3) is 0 Å². The molecule has 2 fully saturated rings. The minimum atomic E-state index is -0.00474. The summed E-state index contributed by atoms with van der Waals surface area (Å²) in [6, 6.07) is 13.2. The number of anilines is 3. The summed E-state index contributed by atoms with van der Waals surface area (Å²) in [5.74, 6) is 2.77. The Hall–Kier alpha value is -4.93. The number of fused-ring (bicyclic) bond motifs is 1. The molecular weight excluding hydrogens is 494 g/mol. The molecule has 1 spiro atoms. The number of likely N-dealkylation sites (tertiary alicyclic amines) is 1. The number of aromatic nitrogens is 4. The van der Waals surface area contributed by atoms with Gasteiger partial charge in [-0.15, -0.1) is 0 Å². The predicted octanol–water partition coefficient (Wildman–Crippen LogP) is 3.16. The molecule has 4 aromatic rings. The summed E-state index contributed by atoms with van der Waals surface area (Å²) in [4.78, 5) is 29.6. The zero-order valence-corrected chi connectivity index (χ0v) is 21.8. The first-order valence-corrected chi connectivity index (χ1v) is 12.6. The number of carbonyl (C=O) groups is 1. The van der Waals surface area contributed by atoms with Gasteiger partial charge in [-0.3, -0.25) is 14.9 Å². The fraction of sp³-hybridized carbons (Fsp3) is 0.250. The van der Waals surface area contributed by atoms with E-state index in [-0.39, 0.29) is 11.3 Å². The molecule has 0 unspecified atom stereocenters. The van der Waals surface area contributed by atoms with E-state index in [1.54, 1.807) is 30.1 Å². The van der Waals surface area contributed by atoms with Crippen LogP contribution in [0, 0.1) is 17.7 Å². The molecule has 3 N–H and O–H groups in total. The third kappa shape index (κ3) is 4.52. The minimum absolute atomic E-state index is 0.00474. The molecule has 0 saturated carbocycles. The lowest BCUT2D eigenvalue weighted by Crippen LogP contribution is -2.73. The van der Waals surface area contributed by atoms with Crippen LogP contribution in [0.2, 0.25) is 0 Å². The number of rotatable bonds is 7. The van der Waals surface area contributed by atoms with Crippen LogP contribution in [0.15, 0.2) is 67.6 Å². The van der Waals surface area contributed by atoms with Crippen molar-refractivity contribution >= 4 is 34.3 Å². The highest BCUT2D eigenvalue weighted by Crippen LogP contribution is 2.42. The maximum absolute atomic E-state index is 11.8. The van der Waals surface area contributed by atoms with Crippen molar-refractivity contribution in [3.63, 3.8) is 0 Å². The van der Waals surface area contributed by atoms with E-state index in [2.05, 4.69) is 32.2 Å². The zero-order valence-electron chi connectivity index (χ0n) is 21.8. The first kappa shape index (κ1) is 24.4. The van der Waals surface area contributed by atoms with Crippen molar-refractivity contribution in [1.82, 2.24) is 24.5 Å². The third-order valence-electron chi connectivity index (χ3n) is 7.22. The second-order valence-corrected chi connectivity index (χ2v) is 10.1. The van der Waals surface area contributed by atoms with Gasteiger partial charge in [0.05, 0.1) is 5.52 Å². The number of ether oxygens (including phenoxy) is 1. The molecule has 0 bridgehead atoms. The largest absolute Gasteiger partial charge is 0.457 e. The molecular formula is C28H29N9O2. The second kappa shape index (κ2) is 9.43. The Labute approximate surface area is 225 Å². The highest BCUT2D eigenvalue weighted by molar-refractivity contribution is 5.89. The van der Waals surface area contributed by atoms with E-state index in [0.717, 1.165) is 48.8 Å². The maximum atomic E-state index is 11.8. The number of pyridine rings is 2. The lowest BCUT2D eigenvalue weighted by atomic mass is 9.73. The molecule has 11 heteroatoms. The molecule has 2 aliphatic rings. The SMILES string of the molecule is C=CC(=O)N1CC2(C1)CN(c1ccc3ncnc(Nc4ccc(Oc5ccn(NC)c(=N)c5)c(C)c4)c3n1)C2. The minimum Gasteiger partial charge on any atom is -0.457 e. The van der Waals surface area contributed by atoms with Gasteiger partial charge in [-0.25, -0.2) is 15.0 Å². The third-order valence-corrected chi connectivity index (χ3v) is 7.22. The van der Waals surface area contributed by atoms with Crippen molar-refractivity contribution < 1.29 is 9.53 Å². The van der Waals surface area contributed by atoms with Gasteiger partial charge >= 0.3 is 0 Å². The van der Waals surface area contributed by atoms with E-state index < -0.39 is 0 Å². The Morgan fingerprint density at radius 1 is 1.13 bits per heavy atom. The molecule has 3 aromatic heterocycles. The fourth-order valence-electron chi connectivity index (χ4n) is 5.22. The van der Waals surface area contributed by atoms with E-state index >= 15 is 0 Å². The summed E-state index contributed by atoms with van der Waals surface area (Å²) in [5, 5.41) is 11.4. The standard InChI is InChI=1S/C28H29N9O2/c1-4-25(38)36-15-28(16-36)13-35(14-28)24-8-6-21-26(34-24)27(32-17-31-21)33-19-5-7-22(18(2)11-19)39-20-9-10-37(30-3)23(29)12-20/h4-12,17,29-30H,1,13-16H2,2-3H3,(H,31,32,33). The molecule has 6 rings (SSSR count). The zero-order chi connectivity index (χ0) is 27.1. The van der Waals surface area contributed by atoms with Gasteiger partial charge < -0.3 is 25.3 Å². The number of hydrogen-bond donors (Lipinski definition) is 3. The number of aryl methyl sites for hydroxylation is 1. The normalized spacial score (nSPS) is 15.4. The number of carbonyl (C=O) groups excluding carboxylic acids is 1. The van der Waals surface area contributed by atoms with Crippen molar-refractivity contribution in [2.75, 3.05) is 48.9 Å². The molecule has 0 aliphatic carbocycles. The van der Waals surface area contributed by atoms with Crippen LogP contribution in [-0.4, -0.2) is 63.7 Å². The van der Waals surface area contributed by atoms with E-state index in [0.29, 0.717) is 28.3 Å². The molecule has 2 saturated heterocycles. The Morgan fingerprint density at radius 3 is 2.67 bits per heavy atom. The summed E-state index contributed by atoms with van der Waals surface area (Å²) in [6.45, 7) is 8.80. The number of benzene rings is 1. The topological polar surface area (TPSA) is 124 Å². The first-order chi connectivity index (χ1) is 18.9. The summed E-state index contributed by atoms with van der Waals surface area (Å²) < 4.78 is 7.61. The van der Waals surface area contributed by atoms with Crippen molar-refractivity contribution in [3.8, 4) is 11.5 Å². The van der Waals surface area contributed by atoms with Crippen LogP contribution in [0.3, 0.4) is 0 Å². The van der Waals surface area contributed by atoms with Crippen molar-refractivity contribution in [3.05, 3.63) is 78.7 Å². The van der Waals surface area contributed by atoms with E-state index in [9.17, 15) is 4.79 Å². The molecule has 0 radical (unpaired) electrons. The fourth-order valence-corrected chi connectivity index (χ4v) is 5.22. The molecule has 198 valence electrons. The lowest BCUT2D eigenvalue weighted by molar-refractivity contribution is -0.139. The van der Waals surface area contributed by atoms with Crippen molar-refractivity contribution in [1.29, 1.82) is 5.41 Å². The average molecular weight is 524 g/mol. The Morgan fingerprint density at radius 2 is 1.95 bits per heavy atom. The van der Waals surface area contributed by atoms with Crippen LogP contribution >= 0.6 is 0 Å². The smallest absolute Gasteiger partial charge is 0.245 e. The van der Waals surface area contributed by atoms with Gasteiger partial charge in [0.2, 0.25) is 5.91 Å². The second-order valence-electron chi connectivity index (χ2n) is 10.1. The molecule has 5 heterocycles. The van der Waals surface area contributed by atoms with Crippen molar-refractivity contribution in [2.24, 2.45) is 5.41 Å². The molecule has 1 amide bonds. The Balaban J connectivity index is 1.17. The van der Waals surface area contributed by atoms with Gasteiger partial charge in [-0.2, -0.15) is 0 Å². The Kier molecular flexibility index (Phi) is 5.90. The van der Waals surface area contributed by atoms with E-state index in [1.807, 2.05) is 42.2 Å². The number of nitrogens with zero attached hydrogens (tertiary/aromatic N) is 6. The van der Waals surface area contributed by atoms with Gasteiger partial charge in [0.15, 0.2) is 5.82 Å². The monoisotopic (exact) mass is 523 g/mol. The maximum Gasteiger partial charge on any atom is 0.245 e. The summed E-state index contributed by atoms with van der Waals surface area (Å²) in [6.07, 6.45) is 4.65. The summed E-state index contributed by atoms with van der Waals surface area (Å²) in [7, 11) is 1.75. The Bertz CT molecular complexity index is 1650. The number of amides is 1. The summed E-state index contributed by atoms with van der Waals surface area (Å²) in [5.41, 5.74) is 6.57. The first-order valence-electron chi connectivity index (χ1n) is 12.6. The lowest BCUT2D eigenvalue weighted by Gasteiger charge is -2.60. The number of hydrogen-bond acceptors (Lipinski definition) is 9. The van der Waals surface area contributed by atoms with Crippen LogP contribution in [0.25, 0.3) is 11.0 Å². The molecule has 0 atom stereocenters. The quantitative estimate of drug-likeness (QED) is 0.316. The molecule has 1 aromatic carbocycles. The van der Waals surface area contributed by atoms with E-state index in [1.165, 1.54) is 12.4 Å². The predicted molar refractivity (Wildman–Crippen MR) is 149 cm³/mol. The van der Waals surface area contributed by atoms with Gasteiger partial charge in [-0.05, 0) is 55.0 Å². The van der Waals surface area contributed by atoms with Crippen LogP contribution in [0.4, 0.5) is 17.3 Å². The van der Waals surface area contributed by atoms with Crippen LogP contribution in [0.5, 0.6) is 11.5 Å². The highest BCUT2D eigenvalue weighted by Gasteiger charge is 2.53. The van der Waals surface area contributed by atoms with Gasteiger partial charge in [-0.1, -0.05) is 6.58 Å². The average Bonchev–Trinajstić information content (AvgIpc) is 2.89. The molecule has 2 aliphatic heterocycles. The van der Waals surface area contributed by atoms with Crippen LogP contribution in [-0.2, 0) is 4.79 Å². The molecule has 39 heavy (non-hydrogen) atoms. The van der Waals surface area contributed by atoms with Crippen LogP contribution in [0.1, 0.15) is 5.56 Å². The van der Waals surface area contributed by atoms with E-state index in [4.69, 9.17) is 15.1 Å².